The molecule has 0 heterocycles. The lowest BCUT2D eigenvalue weighted by molar-refractivity contribution is -0.122. The zero-order valence-corrected chi connectivity index (χ0v) is 8.62. The number of carbonyl (C=O) groups excluding carboxylic acids is 2. The number of ketones is 1. The highest BCUT2D eigenvalue weighted by molar-refractivity contribution is 7.96. The van der Waals surface area contributed by atoms with Gasteiger partial charge in [0.2, 0.25) is 5.12 Å². The zero-order valence-electron chi connectivity index (χ0n) is 7.73. The van der Waals surface area contributed by atoms with Crippen LogP contribution in [0.2, 0.25) is 0 Å². The van der Waals surface area contributed by atoms with Crippen molar-refractivity contribution in [2.24, 2.45) is 0 Å². The second-order valence-electron chi connectivity index (χ2n) is 2.89. The van der Waals surface area contributed by atoms with Crippen LogP contribution in [0.15, 0.2) is 30.3 Å². The number of nitrogens with one attached hydrogen (secondary N) is 1. The van der Waals surface area contributed by atoms with Crippen molar-refractivity contribution in [1.29, 1.82) is 0 Å². The van der Waals surface area contributed by atoms with E-state index in [0.29, 0.717) is 0 Å². The van der Waals surface area contributed by atoms with Crippen molar-refractivity contribution in [1.82, 2.24) is 0 Å². The van der Waals surface area contributed by atoms with Crippen LogP contribution in [0.1, 0.15) is 6.92 Å². The van der Waals surface area contributed by atoms with Crippen molar-refractivity contribution in [3.05, 3.63) is 30.3 Å². The molecule has 1 rings (SSSR count). The van der Waals surface area contributed by atoms with Gasteiger partial charge in [-0.05, 0) is 19.1 Å². The van der Waals surface area contributed by atoms with E-state index in [0.717, 1.165) is 5.69 Å². The Kier molecular flexibility index (Phi) is 3.71. The molecule has 0 radical (unpaired) electrons. The summed E-state index contributed by atoms with van der Waals surface area (Å²) < 4.78 is 0. The molecule has 1 aromatic carbocycles. The molecule has 0 aromatic heterocycles. The number of rotatable bonds is 4. The van der Waals surface area contributed by atoms with Gasteiger partial charge in [-0.15, -0.1) is 12.6 Å². The minimum atomic E-state index is -0.860. The molecule has 1 aromatic rings. The number of hydrogen-bond acceptors (Lipinski definition) is 3. The van der Waals surface area contributed by atoms with Crippen LogP contribution in [-0.4, -0.2) is 16.9 Å². The van der Waals surface area contributed by atoms with Crippen LogP contribution in [0.5, 0.6) is 0 Å². The third kappa shape index (κ3) is 2.88. The lowest BCUT2D eigenvalue weighted by Gasteiger charge is -2.12. The van der Waals surface area contributed by atoms with E-state index in [1.165, 1.54) is 6.92 Å². The Bertz CT molecular complexity index is 323. The highest BCUT2D eigenvalue weighted by Crippen LogP contribution is 2.08. The molecule has 0 saturated heterocycles. The van der Waals surface area contributed by atoms with Crippen molar-refractivity contribution in [3.8, 4) is 0 Å². The van der Waals surface area contributed by atoms with E-state index in [1.54, 1.807) is 12.1 Å². The lowest BCUT2D eigenvalue weighted by Crippen LogP contribution is -2.33. The summed E-state index contributed by atoms with van der Waals surface area (Å²) in [6.45, 7) is 1.36. The molecule has 14 heavy (non-hydrogen) atoms. The number of hydrogen-bond donors (Lipinski definition) is 2. The Morgan fingerprint density at radius 1 is 1.29 bits per heavy atom. The first kappa shape index (κ1) is 10.8. The zero-order chi connectivity index (χ0) is 10.6. The van der Waals surface area contributed by atoms with E-state index >= 15 is 0 Å². The van der Waals surface area contributed by atoms with Crippen molar-refractivity contribution in [3.63, 3.8) is 0 Å². The largest absolute Gasteiger partial charge is 0.369 e. The van der Waals surface area contributed by atoms with Crippen LogP contribution < -0.4 is 5.32 Å². The van der Waals surface area contributed by atoms with Gasteiger partial charge in [0.1, 0.15) is 0 Å². The van der Waals surface area contributed by atoms with Crippen LogP contribution in [-0.2, 0) is 9.59 Å². The molecule has 1 N–H and O–H groups in total. The topological polar surface area (TPSA) is 46.2 Å². The monoisotopic (exact) mass is 209 g/mol. The molecule has 0 saturated carbocycles. The lowest BCUT2D eigenvalue weighted by atomic mass is 10.2. The van der Waals surface area contributed by atoms with E-state index in [2.05, 4.69) is 17.9 Å². The highest BCUT2D eigenvalue weighted by atomic mass is 32.1. The summed E-state index contributed by atoms with van der Waals surface area (Å²) >= 11 is 3.64. The van der Waals surface area contributed by atoms with Gasteiger partial charge >= 0.3 is 0 Å². The Hall–Kier alpha value is -1.29. The summed E-state index contributed by atoms with van der Waals surface area (Å²) in [4.78, 5) is 22.0. The van der Waals surface area contributed by atoms with Crippen molar-refractivity contribution in [2.45, 2.75) is 13.0 Å². The predicted octanol–water partition coefficient (Wildman–Crippen LogP) is 1.51. The maximum Gasteiger partial charge on any atom is 0.215 e. The maximum atomic E-state index is 11.1. The summed E-state index contributed by atoms with van der Waals surface area (Å²) in [5, 5.41) is 2.33. The molecule has 0 amide bonds. The Morgan fingerprint density at radius 3 is 2.29 bits per heavy atom. The Balaban J connectivity index is 2.75. The van der Waals surface area contributed by atoms with Crippen LogP contribution >= 0.6 is 12.6 Å². The van der Waals surface area contributed by atoms with Crippen molar-refractivity contribution < 1.29 is 9.59 Å². The molecule has 74 valence electrons. The Labute approximate surface area is 87.9 Å². The fourth-order valence-corrected chi connectivity index (χ4v) is 1.28. The predicted molar refractivity (Wildman–Crippen MR) is 58.5 cm³/mol. The number of thiol groups is 1. The van der Waals surface area contributed by atoms with E-state index < -0.39 is 11.2 Å². The SMILES string of the molecule is CC(=O)C(Nc1ccccc1)C(=O)S. The quantitative estimate of drug-likeness (QED) is 0.583. The summed E-state index contributed by atoms with van der Waals surface area (Å²) in [5.41, 5.74) is 0.732. The van der Waals surface area contributed by atoms with Gasteiger partial charge in [-0.3, -0.25) is 9.59 Å². The van der Waals surface area contributed by atoms with Crippen LogP contribution in [0, 0.1) is 0 Å². The first-order valence-electron chi connectivity index (χ1n) is 4.16. The van der Waals surface area contributed by atoms with E-state index in [9.17, 15) is 9.59 Å². The average Bonchev–Trinajstić information content (AvgIpc) is 2.15. The number of carbonyl (C=O) groups is 2. The molecular weight excluding hydrogens is 198 g/mol. The van der Waals surface area contributed by atoms with Crippen LogP contribution in [0.3, 0.4) is 0 Å². The fourth-order valence-electron chi connectivity index (χ4n) is 1.04. The number of para-hydroxylation sites is 1. The van der Waals surface area contributed by atoms with Crippen LogP contribution in [0.4, 0.5) is 5.69 Å². The van der Waals surface area contributed by atoms with Gasteiger partial charge in [0.15, 0.2) is 11.8 Å². The molecule has 0 fully saturated rings. The number of benzene rings is 1. The summed E-state index contributed by atoms with van der Waals surface area (Å²) in [5.74, 6) is -0.242. The van der Waals surface area contributed by atoms with Gasteiger partial charge in [0, 0.05) is 5.69 Å². The second-order valence-corrected chi connectivity index (χ2v) is 3.33. The molecule has 0 spiro atoms. The third-order valence-electron chi connectivity index (χ3n) is 1.74. The number of anilines is 1. The molecular formula is C10H11NO2S. The van der Waals surface area contributed by atoms with Crippen molar-refractivity contribution in [2.75, 3.05) is 5.32 Å². The van der Waals surface area contributed by atoms with Gasteiger partial charge in [-0.2, -0.15) is 0 Å². The molecule has 3 nitrogen and oxygen atoms in total. The first-order chi connectivity index (χ1) is 6.61. The molecule has 0 aliphatic rings. The van der Waals surface area contributed by atoms with Gasteiger partial charge in [-0.25, -0.2) is 0 Å². The van der Waals surface area contributed by atoms with E-state index in [4.69, 9.17) is 0 Å². The summed E-state index contributed by atoms with van der Waals surface area (Å²) in [6, 6.07) is 8.21. The molecule has 1 atom stereocenters. The van der Waals surface area contributed by atoms with E-state index in [1.807, 2.05) is 18.2 Å². The molecule has 4 heteroatoms. The normalized spacial score (nSPS) is 11.9. The molecule has 1 unspecified atom stereocenters. The first-order valence-corrected chi connectivity index (χ1v) is 4.61. The fraction of sp³-hybridized carbons (Fsp3) is 0.200. The Morgan fingerprint density at radius 2 is 1.86 bits per heavy atom. The maximum absolute atomic E-state index is 11.1. The highest BCUT2D eigenvalue weighted by Gasteiger charge is 2.19. The number of Topliss-reactive ketones (excluding diaryl/α,β-unsaturated/α-hetero) is 1. The summed E-state index contributed by atoms with van der Waals surface area (Å²) in [6.07, 6.45) is 0. The minimum Gasteiger partial charge on any atom is -0.369 e. The van der Waals surface area contributed by atoms with Crippen molar-refractivity contribution >= 4 is 29.2 Å². The molecule has 0 aliphatic carbocycles. The molecule has 0 aliphatic heterocycles. The second kappa shape index (κ2) is 4.81. The van der Waals surface area contributed by atoms with Gasteiger partial charge in [0.25, 0.3) is 0 Å². The minimum absolute atomic E-state index is 0.242. The molecule has 0 bridgehead atoms. The summed E-state index contributed by atoms with van der Waals surface area (Å²) in [7, 11) is 0. The third-order valence-corrected chi connectivity index (χ3v) is 2.00. The standard InChI is InChI=1S/C10H11NO2S/c1-7(12)9(10(13)14)11-8-5-3-2-4-6-8/h2-6,9,11H,1H3,(H,13,14). The smallest absolute Gasteiger partial charge is 0.215 e. The van der Waals surface area contributed by atoms with Crippen LogP contribution in [0.25, 0.3) is 0 Å². The van der Waals surface area contributed by atoms with Gasteiger partial charge in [0.05, 0.1) is 0 Å². The van der Waals surface area contributed by atoms with E-state index in [-0.39, 0.29) is 5.78 Å². The van der Waals surface area contributed by atoms with Gasteiger partial charge in [-0.1, -0.05) is 18.2 Å². The average molecular weight is 209 g/mol. The van der Waals surface area contributed by atoms with Gasteiger partial charge < -0.3 is 5.32 Å².